The molecule has 6 nitrogen and oxygen atoms in total. The second kappa shape index (κ2) is 7.27. The van der Waals surface area contributed by atoms with E-state index in [9.17, 15) is 10.1 Å². The predicted molar refractivity (Wildman–Crippen MR) is 94.9 cm³/mol. The van der Waals surface area contributed by atoms with Crippen molar-refractivity contribution in [1.82, 2.24) is 9.88 Å². The lowest BCUT2D eigenvalue weighted by Gasteiger charge is -2.23. The van der Waals surface area contributed by atoms with E-state index in [0.717, 1.165) is 16.9 Å². The Morgan fingerprint density at radius 3 is 2.68 bits per heavy atom. The van der Waals surface area contributed by atoms with E-state index in [-0.39, 0.29) is 16.7 Å². The van der Waals surface area contributed by atoms with Crippen molar-refractivity contribution < 1.29 is 9.34 Å². The lowest BCUT2D eigenvalue weighted by atomic mass is 10.1. The van der Waals surface area contributed by atoms with Crippen LogP contribution in [0.3, 0.4) is 0 Å². The minimum atomic E-state index is -0.379. The van der Waals surface area contributed by atoms with E-state index in [2.05, 4.69) is 4.98 Å². The summed E-state index contributed by atoms with van der Waals surface area (Å²) < 4.78 is 5.83. The Bertz CT molecular complexity index is 861. The van der Waals surface area contributed by atoms with Crippen LogP contribution in [0.1, 0.15) is 24.4 Å². The van der Waals surface area contributed by atoms with Gasteiger partial charge in [-0.05, 0) is 19.5 Å². The summed E-state index contributed by atoms with van der Waals surface area (Å²) in [5, 5.41) is 10.9. The average Bonchev–Trinajstić information content (AvgIpc) is 3.10. The maximum Gasteiger partial charge on any atom is 0.269 e. The molecule has 128 valence electrons. The summed E-state index contributed by atoms with van der Waals surface area (Å²) in [4.78, 5) is 16.9. The minimum absolute atomic E-state index is 0.00743. The zero-order valence-electron chi connectivity index (χ0n) is 14.1. The number of rotatable bonds is 6. The predicted octanol–water partition coefficient (Wildman–Crippen LogP) is 4.44. The molecule has 0 aliphatic heterocycles. The normalized spacial score (nSPS) is 12.3. The molecule has 0 aliphatic carbocycles. The zero-order valence-corrected chi connectivity index (χ0v) is 14.1. The van der Waals surface area contributed by atoms with Crippen molar-refractivity contribution in [3.63, 3.8) is 0 Å². The molecule has 1 atom stereocenters. The van der Waals surface area contributed by atoms with Crippen molar-refractivity contribution in [3.05, 3.63) is 82.4 Å². The molecular weight excluding hydrogens is 318 g/mol. The number of oxazole rings is 1. The maximum absolute atomic E-state index is 10.9. The van der Waals surface area contributed by atoms with Gasteiger partial charge in [0.2, 0.25) is 5.89 Å². The van der Waals surface area contributed by atoms with Gasteiger partial charge in [-0.1, -0.05) is 42.5 Å². The van der Waals surface area contributed by atoms with Crippen molar-refractivity contribution in [3.8, 4) is 11.3 Å². The molecule has 6 heteroatoms. The van der Waals surface area contributed by atoms with Gasteiger partial charge in [-0.2, -0.15) is 0 Å². The van der Waals surface area contributed by atoms with Crippen molar-refractivity contribution in [2.24, 2.45) is 0 Å². The number of benzene rings is 2. The minimum Gasteiger partial charge on any atom is -0.439 e. The molecule has 1 aromatic heterocycles. The highest BCUT2D eigenvalue weighted by Crippen LogP contribution is 2.25. The van der Waals surface area contributed by atoms with Crippen LogP contribution in [0.15, 0.2) is 65.2 Å². The van der Waals surface area contributed by atoms with Gasteiger partial charge in [-0.25, -0.2) is 4.98 Å². The third kappa shape index (κ3) is 3.92. The van der Waals surface area contributed by atoms with Gasteiger partial charge >= 0.3 is 0 Å². The standard InChI is InChI=1S/C19H19N3O3/c1-14(16-9-6-10-17(11-16)22(23)24)21(2)13-19-20-12-18(25-19)15-7-4-3-5-8-15/h3-12,14H,13H2,1-2H3. The molecule has 25 heavy (non-hydrogen) atoms. The summed E-state index contributed by atoms with van der Waals surface area (Å²) in [6.07, 6.45) is 1.72. The Kier molecular flexibility index (Phi) is 4.90. The van der Waals surface area contributed by atoms with Gasteiger partial charge in [0.05, 0.1) is 17.7 Å². The first-order valence-corrected chi connectivity index (χ1v) is 7.99. The van der Waals surface area contributed by atoms with E-state index in [4.69, 9.17) is 4.42 Å². The number of nitro benzene ring substituents is 1. The van der Waals surface area contributed by atoms with Gasteiger partial charge < -0.3 is 4.42 Å². The van der Waals surface area contributed by atoms with Crippen LogP contribution in [0.5, 0.6) is 0 Å². The molecule has 0 aliphatic rings. The van der Waals surface area contributed by atoms with Gasteiger partial charge in [-0.15, -0.1) is 0 Å². The maximum atomic E-state index is 10.9. The van der Waals surface area contributed by atoms with Crippen LogP contribution < -0.4 is 0 Å². The highest BCUT2D eigenvalue weighted by molar-refractivity contribution is 5.55. The summed E-state index contributed by atoms with van der Waals surface area (Å²) >= 11 is 0. The number of nitro groups is 1. The fourth-order valence-electron chi connectivity index (χ4n) is 2.62. The molecular formula is C19H19N3O3. The lowest BCUT2D eigenvalue weighted by Crippen LogP contribution is -2.22. The average molecular weight is 337 g/mol. The zero-order chi connectivity index (χ0) is 17.8. The van der Waals surface area contributed by atoms with E-state index in [1.54, 1.807) is 18.3 Å². The van der Waals surface area contributed by atoms with Crippen LogP contribution >= 0.6 is 0 Å². The number of nitrogens with zero attached hydrogens (tertiary/aromatic N) is 3. The Hall–Kier alpha value is -2.99. The summed E-state index contributed by atoms with van der Waals surface area (Å²) in [6.45, 7) is 2.51. The summed E-state index contributed by atoms with van der Waals surface area (Å²) in [6, 6.07) is 16.5. The van der Waals surface area contributed by atoms with Gasteiger partial charge in [0, 0.05) is 23.7 Å². The van der Waals surface area contributed by atoms with E-state index < -0.39 is 0 Å². The summed E-state index contributed by atoms with van der Waals surface area (Å²) in [7, 11) is 1.94. The molecule has 3 rings (SSSR count). The third-order valence-corrected chi connectivity index (χ3v) is 4.22. The first-order chi connectivity index (χ1) is 12.0. The van der Waals surface area contributed by atoms with Crippen molar-refractivity contribution in [1.29, 1.82) is 0 Å². The van der Waals surface area contributed by atoms with Crippen molar-refractivity contribution in [2.75, 3.05) is 7.05 Å². The smallest absolute Gasteiger partial charge is 0.269 e. The second-order valence-electron chi connectivity index (χ2n) is 5.93. The highest BCUT2D eigenvalue weighted by Gasteiger charge is 2.17. The summed E-state index contributed by atoms with van der Waals surface area (Å²) in [5.41, 5.74) is 1.96. The fraction of sp³-hybridized carbons (Fsp3) is 0.211. The molecule has 1 unspecified atom stereocenters. The number of hydrogen-bond donors (Lipinski definition) is 0. The molecule has 1 heterocycles. The molecule has 0 N–H and O–H groups in total. The fourth-order valence-corrected chi connectivity index (χ4v) is 2.62. The molecule has 2 aromatic carbocycles. The van der Waals surface area contributed by atoms with Crippen LogP contribution in [0, 0.1) is 10.1 Å². The molecule has 0 fully saturated rings. The van der Waals surface area contributed by atoms with Crippen LogP contribution in [-0.4, -0.2) is 21.9 Å². The van der Waals surface area contributed by atoms with Crippen LogP contribution in [0.25, 0.3) is 11.3 Å². The first kappa shape index (κ1) is 16.9. The Labute approximate surface area is 145 Å². The van der Waals surface area contributed by atoms with E-state index >= 15 is 0 Å². The van der Waals surface area contributed by atoms with Gasteiger partial charge in [0.1, 0.15) is 0 Å². The molecule has 0 spiro atoms. The Morgan fingerprint density at radius 2 is 1.96 bits per heavy atom. The van der Waals surface area contributed by atoms with Crippen LogP contribution in [0.4, 0.5) is 5.69 Å². The van der Waals surface area contributed by atoms with Crippen LogP contribution in [0.2, 0.25) is 0 Å². The lowest BCUT2D eigenvalue weighted by molar-refractivity contribution is -0.384. The van der Waals surface area contributed by atoms with Crippen molar-refractivity contribution in [2.45, 2.75) is 19.5 Å². The van der Waals surface area contributed by atoms with Crippen LogP contribution in [-0.2, 0) is 6.54 Å². The van der Waals surface area contributed by atoms with Gasteiger partial charge in [0.25, 0.3) is 5.69 Å². The molecule has 0 radical (unpaired) electrons. The second-order valence-corrected chi connectivity index (χ2v) is 5.93. The molecule has 0 saturated heterocycles. The topological polar surface area (TPSA) is 72.4 Å². The molecule has 0 saturated carbocycles. The van der Waals surface area contributed by atoms with E-state index in [1.165, 1.54) is 6.07 Å². The highest BCUT2D eigenvalue weighted by atomic mass is 16.6. The third-order valence-electron chi connectivity index (χ3n) is 4.22. The van der Waals surface area contributed by atoms with E-state index in [1.807, 2.05) is 55.3 Å². The quantitative estimate of drug-likeness (QED) is 0.491. The van der Waals surface area contributed by atoms with Gasteiger partial charge in [0.15, 0.2) is 5.76 Å². The van der Waals surface area contributed by atoms with E-state index in [0.29, 0.717) is 12.4 Å². The van der Waals surface area contributed by atoms with Gasteiger partial charge in [-0.3, -0.25) is 15.0 Å². The number of aromatic nitrogens is 1. The molecule has 3 aromatic rings. The monoisotopic (exact) mass is 337 g/mol. The first-order valence-electron chi connectivity index (χ1n) is 7.99. The SMILES string of the molecule is CC(c1cccc([N+](=O)[O-])c1)N(C)Cc1ncc(-c2ccccc2)o1. The number of hydrogen-bond acceptors (Lipinski definition) is 5. The molecule has 0 amide bonds. The number of non-ortho nitro benzene ring substituents is 1. The largest absolute Gasteiger partial charge is 0.439 e. The molecule has 0 bridgehead atoms. The van der Waals surface area contributed by atoms with Crippen molar-refractivity contribution >= 4 is 5.69 Å². The Balaban J connectivity index is 1.72. The summed E-state index contributed by atoms with van der Waals surface area (Å²) in [5.74, 6) is 1.34. The Morgan fingerprint density at radius 1 is 1.20 bits per heavy atom.